The smallest absolute Gasteiger partial charge is 0.257 e. The molecule has 1 aliphatic rings. The van der Waals surface area contributed by atoms with E-state index in [0.29, 0.717) is 22.1 Å². The summed E-state index contributed by atoms with van der Waals surface area (Å²) in [6.45, 7) is 0. The lowest BCUT2D eigenvalue weighted by molar-refractivity contribution is -0.113. The maximum atomic E-state index is 13.1. The van der Waals surface area contributed by atoms with Crippen LogP contribution in [0.25, 0.3) is 0 Å². The molecule has 0 aliphatic heterocycles. The summed E-state index contributed by atoms with van der Waals surface area (Å²) in [4.78, 5) is 25.2. The van der Waals surface area contributed by atoms with Gasteiger partial charge in [0.1, 0.15) is 5.82 Å². The lowest BCUT2D eigenvalue weighted by Gasteiger charge is -2.12. The second-order valence-electron chi connectivity index (χ2n) is 7.19. The number of nitrogens with zero attached hydrogens (tertiary/aromatic N) is 4. The van der Waals surface area contributed by atoms with Crippen LogP contribution in [0.5, 0.6) is 0 Å². The average Bonchev–Trinajstić information content (AvgIpc) is 3.46. The van der Waals surface area contributed by atoms with Crippen LogP contribution in [0.15, 0.2) is 53.7 Å². The Morgan fingerprint density at radius 1 is 1.06 bits per heavy atom. The lowest BCUT2D eigenvalue weighted by Crippen LogP contribution is -2.19. The van der Waals surface area contributed by atoms with E-state index in [-0.39, 0.29) is 23.5 Å². The Morgan fingerprint density at radius 2 is 1.81 bits per heavy atom. The summed E-state index contributed by atoms with van der Waals surface area (Å²) in [6, 6.07) is 12.5. The number of rotatable bonds is 7. The van der Waals surface area contributed by atoms with Crippen LogP contribution in [0.1, 0.15) is 42.1 Å². The van der Waals surface area contributed by atoms with Gasteiger partial charge in [-0.15, -0.1) is 5.10 Å². The summed E-state index contributed by atoms with van der Waals surface area (Å²) in [7, 11) is 0. The minimum atomic E-state index is -0.402. The third kappa shape index (κ3) is 5.26. The molecular weight excluding hydrogens is 419 g/mol. The first kappa shape index (κ1) is 21.0. The normalized spacial score (nSPS) is 13.8. The van der Waals surface area contributed by atoms with Crippen molar-refractivity contribution in [2.45, 2.75) is 36.9 Å². The van der Waals surface area contributed by atoms with E-state index in [1.54, 1.807) is 28.9 Å². The van der Waals surface area contributed by atoms with Crippen molar-refractivity contribution in [1.29, 1.82) is 0 Å². The van der Waals surface area contributed by atoms with E-state index in [4.69, 9.17) is 0 Å². The third-order valence-corrected chi connectivity index (χ3v) is 5.95. The third-order valence-electron chi connectivity index (χ3n) is 5.01. The standard InChI is InChI=1S/C21H21FN6O2S/c22-14-9-11-15(12-10-14)23-20(30)17-7-3-4-8-18(17)24-19(29)13-31-21-25-26-27-28(21)16-5-1-2-6-16/h3-4,7-12,16H,1-2,5-6,13H2,(H,23,30)(H,24,29). The van der Waals surface area contributed by atoms with Crippen molar-refractivity contribution < 1.29 is 14.0 Å². The minimum absolute atomic E-state index is 0.112. The zero-order valence-electron chi connectivity index (χ0n) is 16.6. The van der Waals surface area contributed by atoms with E-state index in [9.17, 15) is 14.0 Å². The SMILES string of the molecule is O=C(CSc1nnnn1C1CCCC1)Nc1ccccc1C(=O)Nc1ccc(F)cc1. The molecule has 1 aromatic heterocycles. The zero-order chi connectivity index (χ0) is 21.6. The molecule has 10 heteroatoms. The summed E-state index contributed by atoms with van der Waals surface area (Å²) in [5, 5.41) is 17.9. The molecule has 1 fully saturated rings. The van der Waals surface area contributed by atoms with Gasteiger partial charge in [0.15, 0.2) is 0 Å². The van der Waals surface area contributed by atoms with Crippen LogP contribution >= 0.6 is 11.8 Å². The second kappa shape index (κ2) is 9.69. The predicted molar refractivity (Wildman–Crippen MR) is 115 cm³/mol. The molecule has 2 N–H and O–H groups in total. The number of carbonyl (C=O) groups is 2. The maximum absolute atomic E-state index is 13.1. The van der Waals surface area contributed by atoms with Gasteiger partial charge < -0.3 is 10.6 Å². The number of anilines is 2. The van der Waals surface area contributed by atoms with Crippen LogP contribution in [0.4, 0.5) is 15.8 Å². The Morgan fingerprint density at radius 3 is 2.58 bits per heavy atom. The second-order valence-corrected chi connectivity index (χ2v) is 8.13. The van der Waals surface area contributed by atoms with Gasteiger partial charge in [0.05, 0.1) is 23.0 Å². The van der Waals surface area contributed by atoms with Crippen LogP contribution in [0.2, 0.25) is 0 Å². The molecular formula is C21H21FN6O2S. The van der Waals surface area contributed by atoms with Crippen molar-refractivity contribution >= 4 is 35.0 Å². The maximum Gasteiger partial charge on any atom is 0.257 e. The Balaban J connectivity index is 1.38. The van der Waals surface area contributed by atoms with Gasteiger partial charge in [-0.3, -0.25) is 9.59 Å². The summed E-state index contributed by atoms with van der Waals surface area (Å²) in [6.07, 6.45) is 4.40. The summed E-state index contributed by atoms with van der Waals surface area (Å²) in [5.41, 5.74) is 1.16. The lowest BCUT2D eigenvalue weighted by atomic mass is 10.1. The van der Waals surface area contributed by atoms with Crippen molar-refractivity contribution in [3.63, 3.8) is 0 Å². The van der Waals surface area contributed by atoms with E-state index >= 15 is 0 Å². The van der Waals surface area contributed by atoms with E-state index < -0.39 is 5.91 Å². The van der Waals surface area contributed by atoms with Gasteiger partial charge in [0, 0.05) is 5.69 Å². The molecule has 8 nitrogen and oxygen atoms in total. The van der Waals surface area contributed by atoms with E-state index in [1.165, 1.54) is 36.0 Å². The Labute approximate surface area is 182 Å². The van der Waals surface area contributed by atoms with Gasteiger partial charge in [-0.1, -0.05) is 36.7 Å². The number of hydrogen-bond donors (Lipinski definition) is 2. The number of benzene rings is 2. The number of aromatic nitrogens is 4. The van der Waals surface area contributed by atoms with Crippen molar-refractivity contribution in [2.75, 3.05) is 16.4 Å². The molecule has 2 aromatic carbocycles. The summed E-state index contributed by atoms with van der Waals surface area (Å²) < 4.78 is 14.9. The molecule has 1 saturated carbocycles. The Hall–Kier alpha value is -3.27. The first-order chi connectivity index (χ1) is 15.1. The fourth-order valence-electron chi connectivity index (χ4n) is 3.50. The molecule has 31 heavy (non-hydrogen) atoms. The Bertz CT molecular complexity index is 1070. The number of amides is 2. The number of carbonyl (C=O) groups excluding carboxylic acids is 2. The van der Waals surface area contributed by atoms with Crippen LogP contribution < -0.4 is 10.6 Å². The number of nitrogens with one attached hydrogen (secondary N) is 2. The molecule has 2 amide bonds. The van der Waals surface area contributed by atoms with Crippen LogP contribution in [0.3, 0.4) is 0 Å². The highest BCUT2D eigenvalue weighted by Gasteiger charge is 2.22. The number of tetrazole rings is 1. The van der Waals surface area contributed by atoms with Crippen molar-refractivity contribution in [1.82, 2.24) is 20.2 Å². The molecule has 1 heterocycles. The Kier molecular flexibility index (Phi) is 6.56. The molecule has 0 saturated heterocycles. The van der Waals surface area contributed by atoms with Crippen molar-refractivity contribution in [2.24, 2.45) is 0 Å². The fraction of sp³-hybridized carbons (Fsp3) is 0.286. The highest BCUT2D eigenvalue weighted by Crippen LogP contribution is 2.31. The van der Waals surface area contributed by atoms with Gasteiger partial charge in [-0.05, 0) is 59.7 Å². The van der Waals surface area contributed by atoms with Gasteiger partial charge in [-0.2, -0.15) is 0 Å². The first-order valence-corrected chi connectivity index (χ1v) is 10.9. The largest absolute Gasteiger partial charge is 0.325 e. The molecule has 0 spiro atoms. The predicted octanol–water partition coefficient (Wildman–Crippen LogP) is 3.91. The number of halogens is 1. The molecule has 3 aromatic rings. The average molecular weight is 441 g/mol. The topological polar surface area (TPSA) is 102 Å². The van der Waals surface area contributed by atoms with Gasteiger partial charge >= 0.3 is 0 Å². The molecule has 1 aliphatic carbocycles. The zero-order valence-corrected chi connectivity index (χ0v) is 17.4. The molecule has 160 valence electrons. The summed E-state index contributed by atoms with van der Waals surface area (Å²) >= 11 is 1.26. The highest BCUT2D eigenvalue weighted by molar-refractivity contribution is 7.99. The van der Waals surface area contributed by atoms with E-state index in [2.05, 4.69) is 26.2 Å². The molecule has 4 rings (SSSR count). The number of hydrogen-bond acceptors (Lipinski definition) is 6. The van der Waals surface area contributed by atoms with Crippen LogP contribution in [-0.4, -0.2) is 37.8 Å². The first-order valence-electron chi connectivity index (χ1n) is 9.96. The highest BCUT2D eigenvalue weighted by atomic mass is 32.2. The number of thioether (sulfide) groups is 1. The fourth-order valence-corrected chi connectivity index (χ4v) is 4.24. The van der Waals surface area contributed by atoms with Gasteiger partial charge in [-0.25, -0.2) is 9.07 Å². The number of para-hydroxylation sites is 1. The molecule has 0 bridgehead atoms. The van der Waals surface area contributed by atoms with Gasteiger partial charge in [0.25, 0.3) is 5.91 Å². The van der Waals surface area contributed by atoms with Crippen LogP contribution in [0, 0.1) is 5.82 Å². The summed E-state index contributed by atoms with van der Waals surface area (Å²) in [5.74, 6) is -0.948. The van der Waals surface area contributed by atoms with E-state index in [1.807, 2.05) is 0 Å². The molecule has 0 radical (unpaired) electrons. The van der Waals surface area contributed by atoms with Crippen molar-refractivity contribution in [3.05, 3.63) is 59.9 Å². The van der Waals surface area contributed by atoms with Crippen LogP contribution in [-0.2, 0) is 4.79 Å². The van der Waals surface area contributed by atoms with Gasteiger partial charge in [0.2, 0.25) is 11.1 Å². The van der Waals surface area contributed by atoms with E-state index in [0.717, 1.165) is 25.7 Å². The molecule has 0 atom stereocenters. The quantitative estimate of drug-likeness (QED) is 0.540. The van der Waals surface area contributed by atoms with Crippen molar-refractivity contribution in [3.8, 4) is 0 Å². The monoisotopic (exact) mass is 440 g/mol. The molecule has 0 unspecified atom stereocenters. The minimum Gasteiger partial charge on any atom is -0.325 e.